The Morgan fingerprint density at radius 3 is 2.79 bits per heavy atom. The summed E-state index contributed by atoms with van der Waals surface area (Å²) in [5.74, 6) is 1.62. The Morgan fingerprint density at radius 2 is 2.12 bits per heavy atom. The highest BCUT2D eigenvalue weighted by Crippen LogP contribution is 2.27. The SMILES string of the molecule is CCN(CC(=O)NC(C)C)Cc1nc(-c2ccccc2OC)no1. The van der Waals surface area contributed by atoms with Crippen molar-refractivity contribution in [2.45, 2.75) is 33.4 Å². The van der Waals surface area contributed by atoms with Crippen LogP contribution in [-0.2, 0) is 11.3 Å². The molecule has 1 N–H and O–H groups in total. The van der Waals surface area contributed by atoms with Gasteiger partial charge in [-0.25, -0.2) is 0 Å². The minimum absolute atomic E-state index is 0.0173. The summed E-state index contributed by atoms with van der Waals surface area (Å²) >= 11 is 0. The Bertz CT molecular complexity index is 669. The van der Waals surface area contributed by atoms with E-state index in [1.807, 2.05) is 49.9 Å². The van der Waals surface area contributed by atoms with Gasteiger partial charge in [0.25, 0.3) is 0 Å². The van der Waals surface area contributed by atoms with Crippen molar-refractivity contribution in [3.8, 4) is 17.1 Å². The van der Waals surface area contributed by atoms with Crippen molar-refractivity contribution in [1.82, 2.24) is 20.4 Å². The van der Waals surface area contributed by atoms with Crippen LogP contribution in [0.5, 0.6) is 5.75 Å². The quantitative estimate of drug-likeness (QED) is 0.797. The third kappa shape index (κ3) is 4.79. The molecule has 24 heavy (non-hydrogen) atoms. The van der Waals surface area contributed by atoms with E-state index in [0.29, 0.717) is 37.1 Å². The maximum absolute atomic E-state index is 11.9. The third-order valence-electron chi connectivity index (χ3n) is 3.44. The molecule has 0 saturated carbocycles. The first-order valence-corrected chi connectivity index (χ1v) is 8.01. The van der Waals surface area contributed by atoms with Gasteiger partial charge in [-0.2, -0.15) is 4.98 Å². The van der Waals surface area contributed by atoms with Crippen molar-refractivity contribution < 1.29 is 14.1 Å². The van der Waals surface area contributed by atoms with E-state index in [4.69, 9.17) is 9.26 Å². The normalized spacial score (nSPS) is 11.1. The number of hydrogen-bond acceptors (Lipinski definition) is 6. The second-order valence-corrected chi connectivity index (χ2v) is 5.74. The predicted molar refractivity (Wildman–Crippen MR) is 90.5 cm³/mol. The predicted octanol–water partition coefficient (Wildman–Crippen LogP) is 2.09. The number of likely N-dealkylation sites (N-methyl/N-ethyl adjacent to an activating group) is 1. The number of nitrogens with zero attached hydrogens (tertiary/aromatic N) is 3. The molecule has 1 aromatic carbocycles. The second-order valence-electron chi connectivity index (χ2n) is 5.74. The molecule has 7 heteroatoms. The van der Waals surface area contributed by atoms with Crippen LogP contribution in [0.1, 0.15) is 26.7 Å². The van der Waals surface area contributed by atoms with Crippen LogP contribution in [0, 0.1) is 0 Å². The molecule has 2 aromatic rings. The summed E-state index contributed by atoms with van der Waals surface area (Å²) in [5, 5.41) is 6.89. The average Bonchev–Trinajstić information content (AvgIpc) is 3.01. The smallest absolute Gasteiger partial charge is 0.241 e. The second kappa shape index (κ2) is 8.44. The molecule has 0 spiro atoms. The highest BCUT2D eigenvalue weighted by molar-refractivity contribution is 5.78. The van der Waals surface area contributed by atoms with Gasteiger partial charge < -0.3 is 14.6 Å². The lowest BCUT2D eigenvalue weighted by Crippen LogP contribution is -2.39. The molecule has 0 aliphatic heterocycles. The van der Waals surface area contributed by atoms with Gasteiger partial charge in [-0.05, 0) is 32.5 Å². The van der Waals surface area contributed by atoms with Crippen molar-refractivity contribution >= 4 is 5.91 Å². The summed E-state index contributed by atoms with van der Waals surface area (Å²) in [6.07, 6.45) is 0. The number of aromatic nitrogens is 2. The molecular weight excluding hydrogens is 308 g/mol. The Kier molecular flexibility index (Phi) is 6.31. The number of ether oxygens (including phenoxy) is 1. The molecule has 0 saturated heterocycles. The van der Waals surface area contributed by atoms with Crippen LogP contribution in [0.15, 0.2) is 28.8 Å². The van der Waals surface area contributed by atoms with Gasteiger partial charge in [-0.1, -0.05) is 24.2 Å². The third-order valence-corrected chi connectivity index (χ3v) is 3.44. The molecule has 0 fully saturated rings. The molecule has 0 bridgehead atoms. The molecule has 7 nitrogen and oxygen atoms in total. The minimum Gasteiger partial charge on any atom is -0.496 e. The lowest BCUT2D eigenvalue weighted by Gasteiger charge is -2.18. The van der Waals surface area contributed by atoms with Crippen LogP contribution in [-0.4, -0.2) is 47.2 Å². The number of carbonyl (C=O) groups excluding carboxylic acids is 1. The van der Waals surface area contributed by atoms with E-state index in [1.165, 1.54) is 0 Å². The van der Waals surface area contributed by atoms with E-state index in [0.717, 1.165) is 5.56 Å². The zero-order valence-electron chi connectivity index (χ0n) is 14.6. The van der Waals surface area contributed by atoms with Gasteiger partial charge in [0.15, 0.2) is 0 Å². The molecule has 0 atom stereocenters. The molecule has 0 unspecified atom stereocenters. The van der Waals surface area contributed by atoms with Crippen LogP contribution in [0.3, 0.4) is 0 Å². The molecule has 1 amide bonds. The number of hydrogen-bond donors (Lipinski definition) is 1. The molecule has 2 rings (SSSR count). The maximum atomic E-state index is 11.9. The summed E-state index contributed by atoms with van der Waals surface area (Å²) in [6.45, 7) is 7.28. The van der Waals surface area contributed by atoms with Crippen molar-refractivity contribution in [3.63, 3.8) is 0 Å². The van der Waals surface area contributed by atoms with Gasteiger partial charge in [0.1, 0.15) is 5.75 Å². The fourth-order valence-electron chi connectivity index (χ4n) is 2.30. The van der Waals surface area contributed by atoms with Crippen molar-refractivity contribution in [2.75, 3.05) is 20.2 Å². The van der Waals surface area contributed by atoms with Gasteiger partial charge >= 0.3 is 0 Å². The number of methoxy groups -OCH3 is 1. The van der Waals surface area contributed by atoms with E-state index in [1.54, 1.807) is 7.11 Å². The first-order valence-electron chi connectivity index (χ1n) is 8.01. The zero-order chi connectivity index (χ0) is 17.5. The Labute approximate surface area is 142 Å². The number of para-hydroxylation sites is 1. The molecule has 130 valence electrons. The fourth-order valence-corrected chi connectivity index (χ4v) is 2.30. The van der Waals surface area contributed by atoms with Crippen molar-refractivity contribution in [3.05, 3.63) is 30.2 Å². The van der Waals surface area contributed by atoms with Gasteiger partial charge in [-0.15, -0.1) is 0 Å². The highest BCUT2D eigenvalue weighted by Gasteiger charge is 2.16. The van der Waals surface area contributed by atoms with Crippen molar-refractivity contribution in [1.29, 1.82) is 0 Å². The van der Waals surface area contributed by atoms with Gasteiger partial charge in [0.05, 0.1) is 25.8 Å². The molecule has 0 radical (unpaired) electrons. The molecule has 1 heterocycles. The zero-order valence-corrected chi connectivity index (χ0v) is 14.6. The molecular formula is C17H24N4O3. The number of amides is 1. The van der Waals surface area contributed by atoms with Crippen LogP contribution < -0.4 is 10.1 Å². The monoisotopic (exact) mass is 332 g/mol. The minimum atomic E-state index is -0.0173. The first-order chi connectivity index (χ1) is 11.5. The molecule has 1 aromatic heterocycles. The number of carbonyl (C=O) groups is 1. The lowest BCUT2D eigenvalue weighted by molar-refractivity contribution is -0.122. The highest BCUT2D eigenvalue weighted by atomic mass is 16.5. The van der Waals surface area contributed by atoms with Gasteiger partial charge in [0, 0.05) is 6.04 Å². The Hall–Kier alpha value is -2.41. The average molecular weight is 332 g/mol. The van der Waals surface area contributed by atoms with Gasteiger partial charge in [-0.3, -0.25) is 9.69 Å². The number of benzene rings is 1. The lowest BCUT2D eigenvalue weighted by atomic mass is 10.2. The topological polar surface area (TPSA) is 80.5 Å². The largest absolute Gasteiger partial charge is 0.496 e. The number of rotatable bonds is 8. The fraction of sp³-hybridized carbons (Fsp3) is 0.471. The number of nitrogens with one attached hydrogen (secondary N) is 1. The van der Waals surface area contributed by atoms with E-state index in [9.17, 15) is 4.79 Å². The maximum Gasteiger partial charge on any atom is 0.241 e. The van der Waals surface area contributed by atoms with Gasteiger partial charge in [0.2, 0.25) is 17.6 Å². The van der Waals surface area contributed by atoms with E-state index >= 15 is 0 Å². The van der Waals surface area contributed by atoms with E-state index in [-0.39, 0.29) is 11.9 Å². The van der Waals surface area contributed by atoms with Crippen LogP contribution in [0.2, 0.25) is 0 Å². The summed E-state index contributed by atoms with van der Waals surface area (Å²) < 4.78 is 10.6. The summed E-state index contributed by atoms with van der Waals surface area (Å²) in [5.41, 5.74) is 0.774. The summed E-state index contributed by atoms with van der Waals surface area (Å²) in [6, 6.07) is 7.62. The molecule has 0 aliphatic rings. The Morgan fingerprint density at radius 1 is 1.38 bits per heavy atom. The Balaban J connectivity index is 2.05. The van der Waals surface area contributed by atoms with Crippen LogP contribution in [0.25, 0.3) is 11.4 Å². The van der Waals surface area contributed by atoms with Crippen molar-refractivity contribution in [2.24, 2.45) is 0 Å². The summed E-state index contributed by atoms with van der Waals surface area (Å²) in [7, 11) is 1.60. The van der Waals surface area contributed by atoms with E-state index in [2.05, 4.69) is 15.5 Å². The van der Waals surface area contributed by atoms with Crippen LogP contribution in [0.4, 0.5) is 0 Å². The molecule has 0 aliphatic carbocycles. The summed E-state index contributed by atoms with van der Waals surface area (Å²) in [4.78, 5) is 18.2. The first kappa shape index (κ1) is 17.9. The van der Waals surface area contributed by atoms with Crippen LogP contribution >= 0.6 is 0 Å². The standard InChI is InChI=1S/C17H24N4O3/c1-5-21(10-15(22)18-12(2)3)11-16-19-17(20-24-16)13-8-6-7-9-14(13)23-4/h6-9,12H,5,10-11H2,1-4H3,(H,18,22). The van der Waals surface area contributed by atoms with E-state index < -0.39 is 0 Å².